The Morgan fingerprint density at radius 1 is 1.35 bits per heavy atom. The Bertz CT molecular complexity index is 657. The summed E-state index contributed by atoms with van der Waals surface area (Å²) in [6, 6.07) is 7.10. The number of nitrogens with one attached hydrogen (secondary N) is 2. The van der Waals surface area contributed by atoms with Gasteiger partial charge in [0.2, 0.25) is 5.91 Å². The summed E-state index contributed by atoms with van der Waals surface area (Å²) in [5.74, 6) is -0.0516. The molecular formula is C17H26N2O3S. The number of carbonyl (C=O) groups is 1. The van der Waals surface area contributed by atoms with E-state index in [1.165, 1.54) is 0 Å². The van der Waals surface area contributed by atoms with Crippen LogP contribution < -0.4 is 10.6 Å². The minimum atomic E-state index is -3.24. The normalized spacial score (nSPS) is 19.3. The zero-order valence-corrected chi connectivity index (χ0v) is 14.9. The lowest BCUT2D eigenvalue weighted by atomic mass is 9.99. The van der Waals surface area contributed by atoms with Gasteiger partial charge in [0.25, 0.3) is 0 Å². The lowest BCUT2D eigenvalue weighted by Gasteiger charge is -2.22. The van der Waals surface area contributed by atoms with Crippen LogP contribution in [0.2, 0.25) is 0 Å². The second kappa shape index (κ2) is 7.01. The SMILES string of the molecule is CC(C)(C)S(=O)(=O)Cc1cccc(NC(=O)C2CCCNC2)c1. The second-order valence-corrected chi connectivity index (χ2v) is 9.85. The molecule has 1 aliphatic rings. The smallest absolute Gasteiger partial charge is 0.228 e. The third-order valence-electron chi connectivity index (χ3n) is 4.15. The molecule has 23 heavy (non-hydrogen) atoms. The van der Waals surface area contributed by atoms with Crippen LogP contribution in [0.15, 0.2) is 24.3 Å². The van der Waals surface area contributed by atoms with E-state index in [1.54, 1.807) is 45.0 Å². The predicted molar refractivity (Wildman–Crippen MR) is 93.0 cm³/mol. The minimum absolute atomic E-state index is 0.00646. The largest absolute Gasteiger partial charge is 0.326 e. The molecule has 1 unspecified atom stereocenters. The number of anilines is 1. The van der Waals surface area contributed by atoms with E-state index in [9.17, 15) is 13.2 Å². The lowest BCUT2D eigenvalue weighted by molar-refractivity contribution is -0.120. The molecule has 0 aromatic heterocycles. The van der Waals surface area contributed by atoms with E-state index in [-0.39, 0.29) is 17.6 Å². The first-order valence-electron chi connectivity index (χ1n) is 8.02. The van der Waals surface area contributed by atoms with Crippen LogP contribution in [0.5, 0.6) is 0 Å². The van der Waals surface area contributed by atoms with Crippen molar-refractivity contribution in [3.63, 3.8) is 0 Å². The standard InChI is InChI=1S/C17H26N2O3S/c1-17(2,3)23(21,22)12-13-6-4-8-15(10-13)19-16(20)14-7-5-9-18-11-14/h4,6,8,10,14,18H,5,7,9,11-12H2,1-3H3,(H,19,20). The Balaban J connectivity index is 2.06. The number of piperidine rings is 1. The van der Waals surface area contributed by atoms with Gasteiger partial charge in [-0.05, 0) is 57.9 Å². The fourth-order valence-electron chi connectivity index (χ4n) is 2.49. The quantitative estimate of drug-likeness (QED) is 0.883. The molecule has 0 bridgehead atoms. The average molecular weight is 338 g/mol. The topological polar surface area (TPSA) is 75.3 Å². The zero-order valence-electron chi connectivity index (χ0n) is 14.1. The maximum absolute atomic E-state index is 12.3. The molecule has 6 heteroatoms. The van der Waals surface area contributed by atoms with Crippen molar-refractivity contribution in [1.29, 1.82) is 0 Å². The van der Waals surface area contributed by atoms with E-state index >= 15 is 0 Å². The summed E-state index contributed by atoms with van der Waals surface area (Å²) >= 11 is 0. The molecule has 1 aromatic carbocycles. The third-order valence-corrected chi connectivity index (χ3v) is 6.73. The van der Waals surface area contributed by atoms with Crippen LogP contribution in [0.25, 0.3) is 0 Å². The Morgan fingerprint density at radius 2 is 2.09 bits per heavy atom. The van der Waals surface area contributed by atoms with Gasteiger partial charge in [-0.3, -0.25) is 4.79 Å². The molecule has 1 aliphatic heterocycles. The van der Waals surface area contributed by atoms with Crippen molar-refractivity contribution in [1.82, 2.24) is 5.32 Å². The molecule has 1 amide bonds. The molecule has 0 aliphatic carbocycles. The highest BCUT2D eigenvalue weighted by molar-refractivity contribution is 7.91. The van der Waals surface area contributed by atoms with E-state index in [1.807, 2.05) is 0 Å². The fourth-order valence-corrected chi connectivity index (χ4v) is 3.55. The molecule has 5 nitrogen and oxygen atoms in total. The van der Waals surface area contributed by atoms with Crippen molar-refractivity contribution >= 4 is 21.4 Å². The van der Waals surface area contributed by atoms with E-state index in [2.05, 4.69) is 10.6 Å². The van der Waals surface area contributed by atoms with Gasteiger partial charge in [-0.1, -0.05) is 12.1 Å². The Kier molecular flexibility index (Phi) is 5.47. The molecule has 0 radical (unpaired) electrons. The molecule has 1 heterocycles. The fraction of sp³-hybridized carbons (Fsp3) is 0.588. The van der Waals surface area contributed by atoms with Gasteiger partial charge in [0, 0.05) is 12.2 Å². The van der Waals surface area contributed by atoms with E-state index in [0.29, 0.717) is 17.8 Å². The summed E-state index contributed by atoms with van der Waals surface area (Å²) in [6.07, 6.45) is 1.89. The van der Waals surface area contributed by atoms with Gasteiger partial charge >= 0.3 is 0 Å². The first-order chi connectivity index (χ1) is 10.7. The van der Waals surface area contributed by atoms with Gasteiger partial charge in [-0.15, -0.1) is 0 Å². The number of hydrogen-bond donors (Lipinski definition) is 2. The summed E-state index contributed by atoms with van der Waals surface area (Å²) in [5.41, 5.74) is 1.35. The summed E-state index contributed by atoms with van der Waals surface area (Å²) in [7, 11) is -3.24. The molecule has 2 N–H and O–H groups in total. The van der Waals surface area contributed by atoms with E-state index in [0.717, 1.165) is 19.4 Å². The van der Waals surface area contributed by atoms with Crippen molar-refractivity contribution in [3.05, 3.63) is 29.8 Å². The number of sulfone groups is 1. The highest BCUT2D eigenvalue weighted by Gasteiger charge is 2.29. The van der Waals surface area contributed by atoms with Gasteiger partial charge in [0.15, 0.2) is 9.84 Å². The molecule has 2 rings (SSSR count). The first kappa shape index (κ1) is 17.9. The van der Waals surface area contributed by atoms with Crippen LogP contribution >= 0.6 is 0 Å². The number of hydrogen-bond acceptors (Lipinski definition) is 4. The van der Waals surface area contributed by atoms with E-state index < -0.39 is 14.6 Å². The monoisotopic (exact) mass is 338 g/mol. The van der Waals surface area contributed by atoms with Crippen molar-refractivity contribution in [2.45, 2.75) is 44.1 Å². The van der Waals surface area contributed by atoms with Gasteiger partial charge in [0.1, 0.15) is 0 Å². The Morgan fingerprint density at radius 3 is 2.70 bits per heavy atom. The number of carbonyl (C=O) groups excluding carboxylic acids is 1. The summed E-state index contributed by atoms with van der Waals surface area (Å²) in [6.45, 7) is 6.76. The lowest BCUT2D eigenvalue weighted by Crippen LogP contribution is -2.37. The number of amides is 1. The maximum atomic E-state index is 12.3. The molecule has 1 saturated heterocycles. The van der Waals surface area contributed by atoms with E-state index in [4.69, 9.17) is 0 Å². The number of benzene rings is 1. The Labute approximate surface area is 138 Å². The molecular weight excluding hydrogens is 312 g/mol. The van der Waals surface area contributed by atoms with Crippen LogP contribution in [-0.4, -0.2) is 32.2 Å². The molecule has 1 atom stereocenters. The van der Waals surface area contributed by atoms with Crippen molar-refractivity contribution in [2.24, 2.45) is 5.92 Å². The van der Waals surface area contributed by atoms with Gasteiger partial charge in [-0.2, -0.15) is 0 Å². The van der Waals surface area contributed by atoms with Gasteiger partial charge < -0.3 is 10.6 Å². The van der Waals surface area contributed by atoms with Gasteiger partial charge in [0.05, 0.1) is 16.4 Å². The summed E-state index contributed by atoms with van der Waals surface area (Å²) < 4.78 is 23.8. The second-order valence-electron chi connectivity index (χ2n) is 7.10. The average Bonchev–Trinajstić information content (AvgIpc) is 2.47. The molecule has 1 fully saturated rings. The first-order valence-corrected chi connectivity index (χ1v) is 9.67. The summed E-state index contributed by atoms with van der Waals surface area (Å²) in [4.78, 5) is 12.3. The number of rotatable bonds is 4. The molecule has 128 valence electrons. The highest BCUT2D eigenvalue weighted by atomic mass is 32.2. The van der Waals surface area contributed by atoms with Crippen molar-refractivity contribution in [2.75, 3.05) is 18.4 Å². The van der Waals surface area contributed by atoms with Crippen LogP contribution in [0.1, 0.15) is 39.2 Å². The zero-order chi connectivity index (χ0) is 17.1. The summed E-state index contributed by atoms with van der Waals surface area (Å²) in [5, 5.41) is 6.12. The predicted octanol–water partition coefficient (Wildman–Crippen LogP) is 2.34. The highest BCUT2D eigenvalue weighted by Crippen LogP contribution is 2.22. The third kappa shape index (κ3) is 4.78. The maximum Gasteiger partial charge on any atom is 0.228 e. The van der Waals surface area contributed by atoms with Crippen molar-refractivity contribution < 1.29 is 13.2 Å². The molecule has 0 spiro atoms. The van der Waals surface area contributed by atoms with Crippen LogP contribution in [-0.2, 0) is 20.4 Å². The molecule has 0 saturated carbocycles. The van der Waals surface area contributed by atoms with Crippen LogP contribution in [0.3, 0.4) is 0 Å². The minimum Gasteiger partial charge on any atom is -0.326 e. The van der Waals surface area contributed by atoms with Gasteiger partial charge in [-0.25, -0.2) is 8.42 Å². The van der Waals surface area contributed by atoms with Crippen LogP contribution in [0, 0.1) is 5.92 Å². The van der Waals surface area contributed by atoms with Crippen LogP contribution in [0.4, 0.5) is 5.69 Å². The Hall–Kier alpha value is -1.40. The molecule has 1 aromatic rings. The van der Waals surface area contributed by atoms with Crippen molar-refractivity contribution in [3.8, 4) is 0 Å².